The zero-order chi connectivity index (χ0) is 22.0. The van der Waals surface area contributed by atoms with Crippen LogP contribution in [0.15, 0.2) is 42.5 Å². The number of ether oxygens (including phenoxy) is 2. The number of carbonyl (C=O) groups is 2. The largest absolute Gasteiger partial charge is 0.461 e. The average Bonchev–Trinajstić information content (AvgIpc) is 3.29. The summed E-state index contributed by atoms with van der Waals surface area (Å²) in [6.07, 6.45) is 3.25. The van der Waals surface area contributed by atoms with Gasteiger partial charge < -0.3 is 14.4 Å². The molecule has 1 aromatic rings. The molecular formula is C26H32N2O4. The molecule has 3 saturated heterocycles. The van der Waals surface area contributed by atoms with E-state index in [-0.39, 0.29) is 41.3 Å². The van der Waals surface area contributed by atoms with Crippen molar-refractivity contribution < 1.29 is 19.1 Å². The number of benzene rings is 1. The third-order valence-electron chi connectivity index (χ3n) is 8.85. The molecular weight excluding hydrogens is 404 g/mol. The molecule has 3 aliphatic heterocycles. The van der Waals surface area contributed by atoms with Gasteiger partial charge in [0, 0.05) is 50.1 Å². The molecule has 3 heterocycles. The van der Waals surface area contributed by atoms with E-state index in [4.69, 9.17) is 9.47 Å². The first-order valence-electron chi connectivity index (χ1n) is 12.1. The number of piperazine rings is 1. The fraction of sp³-hybridized carbons (Fsp3) is 0.615. The van der Waals surface area contributed by atoms with E-state index in [2.05, 4.69) is 18.4 Å². The summed E-state index contributed by atoms with van der Waals surface area (Å²) in [4.78, 5) is 30.0. The van der Waals surface area contributed by atoms with Crippen LogP contribution in [0.2, 0.25) is 0 Å². The Bertz CT molecular complexity index is 940. The first kappa shape index (κ1) is 20.4. The molecule has 6 nitrogen and oxygen atoms in total. The lowest BCUT2D eigenvalue weighted by Crippen LogP contribution is -2.50. The van der Waals surface area contributed by atoms with E-state index >= 15 is 0 Å². The van der Waals surface area contributed by atoms with Crippen LogP contribution in [0.1, 0.15) is 36.5 Å². The van der Waals surface area contributed by atoms with Crippen molar-refractivity contribution in [3.05, 3.63) is 48.0 Å². The lowest BCUT2D eigenvalue weighted by molar-refractivity contribution is -0.147. The van der Waals surface area contributed by atoms with Crippen molar-refractivity contribution in [1.29, 1.82) is 0 Å². The second-order valence-corrected chi connectivity index (χ2v) is 10.5. The third-order valence-corrected chi connectivity index (χ3v) is 8.85. The molecule has 1 amide bonds. The van der Waals surface area contributed by atoms with E-state index in [9.17, 15) is 9.59 Å². The minimum absolute atomic E-state index is 0.0400. The lowest BCUT2D eigenvalue weighted by Gasteiger charge is -2.36. The number of esters is 1. The highest BCUT2D eigenvalue weighted by atomic mass is 16.6. The van der Waals surface area contributed by atoms with Crippen LogP contribution in [0.5, 0.6) is 0 Å². The van der Waals surface area contributed by atoms with Crippen molar-refractivity contribution in [3.63, 3.8) is 0 Å². The predicted molar refractivity (Wildman–Crippen MR) is 119 cm³/mol. The van der Waals surface area contributed by atoms with E-state index < -0.39 is 0 Å². The number of fused-ring (bicyclic) bond motifs is 5. The Hall–Kier alpha value is -2.18. The van der Waals surface area contributed by atoms with E-state index in [1.165, 1.54) is 5.57 Å². The number of hydrogen-bond acceptors (Lipinski definition) is 5. The first-order chi connectivity index (χ1) is 15.5. The summed E-state index contributed by atoms with van der Waals surface area (Å²) < 4.78 is 12.1. The van der Waals surface area contributed by atoms with Gasteiger partial charge in [0.25, 0.3) is 5.91 Å². The van der Waals surface area contributed by atoms with Crippen molar-refractivity contribution in [1.82, 2.24) is 9.80 Å². The van der Waals surface area contributed by atoms with E-state index in [0.717, 1.165) is 44.5 Å². The van der Waals surface area contributed by atoms with Crippen LogP contribution in [0.3, 0.4) is 0 Å². The smallest absolute Gasteiger partial charge is 0.310 e. The molecule has 2 saturated carbocycles. The Kier molecular flexibility index (Phi) is 4.74. The van der Waals surface area contributed by atoms with Gasteiger partial charge in [0.05, 0.1) is 17.6 Å². The zero-order valence-corrected chi connectivity index (χ0v) is 18.7. The Balaban J connectivity index is 1.12. The molecule has 170 valence electrons. The van der Waals surface area contributed by atoms with Gasteiger partial charge in [-0.1, -0.05) is 30.4 Å². The maximum absolute atomic E-state index is 13.0. The summed E-state index contributed by atoms with van der Waals surface area (Å²) in [6.45, 7) is 10.3. The molecule has 0 spiro atoms. The number of allylic oxidation sites excluding steroid dienone is 1. The van der Waals surface area contributed by atoms with Gasteiger partial charge >= 0.3 is 5.97 Å². The maximum atomic E-state index is 13.0. The van der Waals surface area contributed by atoms with Crippen LogP contribution in [-0.4, -0.2) is 72.2 Å². The molecule has 6 heteroatoms. The van der Waals surface area contributed by atoms with Gasteiger partial charge in [0.1, 0.15) is 6.10 Å². The molecule has 6 rings (SSSR count). The number of amides is 1. The van der Waals surface area contributed by atoms with Gasteiger partial charge in [-0.25, -0.2) is 0 Å². The van der Waals surface area contributed by atoms with Crippen LogP contribution in [0.25, 0.3) is 0 Å². The van der Waals surface area contributed by atoms with Gasteiger partial charge in [-0.2, -0.15) is 0 Å². The van der Waals surface area contributed by atoms with Crippen molar-refractivity contribution in [2.45, 2.75) is 44.0 Å². The molecule has 1 aromatic carbocycles. The third kappa shape index (κ3) is 3.14. The molecule has 0 radical (unpaired) electrons. The van der Waals surface area contributed by atoms with Crippen LogP contribution in [0.4, 0.5) is 0 Å². The predicted octanol–water partition coefficient (Wildman–Crippen LogP) is 2.75. The molecule has 2 unspecified atom stereocenters. The zero-order valence-electron chi connectivity index (χ0n) is 18.7. The van der Waals surface area contributed by atoms with Gasteiger partial charge in [-0.05, 0) is 44.2 Å². The second-order valence-electron chi connectivity index (χ2n) is 10.5. The number of carbonyl (C=O) groups excluding carboxylic acids is 2. The summed E-state index contributed by atoms with van der Waals surface area (Å²) in [5, 5.41) is 0. The summed E-state index contributed by atoms with van der Waals surface area (Å²) in [5.74, 6) is 0.867. The topological polar surface area (TPSA) is 62.4 Å². The average molecular weight is 437 g/mol. The van der Waals surface area contributed by atoms with Crippen LogP contribution < -0.4 is 0 Å². The molecule has 0 bridgehead atoms. The fourth-order valence-corrected chi connectivity index (χ4v) is 6.94. The van der Waals surface area contributed by atoms with E-state index in [1.807, 2.05) is 35.2 Å². The van der Waals surface area contributed by atoms with Crippen LogP contribution in [-0.2, 0) is 14.3 Å². The summed E-state index contributed by atoms with van der Waals surface area (Å²) in [5.41, 5.74) is 1.92. The number of epoxide rings is 1. The summed E-state index contributed by atoms with van der Waals surface area (Å²) in [6, 6.07) is 9.46. The number of rotatable bonds is 3. The van der Waals surface area contributed by atoms with Gasteiger partial charge in [-0.3, -0.25) is 14.5 Å². The Morgan fingerprint density at radius 3 is 2.69 bits per heavy atom. The lowest BCUT2D eigenvalue weighted by atomic mass is 9.77. The minimum Gasteiger partial charge on any atom is -0.461 e. The Morgan fingerprint density at radius 1 is 1.19 bits per heavy atom. The van der Waals surface area contributed by atoms with Crippen LogP contribution >= 0.6 is 0 Å². The molecule has 0 N–H and O–H groups in total. The second kappa shape index (κ2) is 7.42. The highest BCUT2D eigenvalue weighted by molar-refractivity contribution is 5.94. The van der Waals surface area contributed by atoms with Crippen molar-refractivity contribution in [2.24, 2.45) is 23.7 Å². The van der Waals surface area contributed by atoms with Gasteiger partial charge in [0.2, 0.25) is 0 Å². The first-order valence-corrected chi connectivity index (χ1v) is 12.1. The maximum Gasteiger partial charge on any atom is 0.310 e. The summed E-state index contributed by atoms with van der Waals surface area (Å²) >= 11 is 0. The molecule has 5 fully saturated rings. The molecule has 32 heavy (non-hydrogen) atoms. The standard InChI is InChI=1S/C26H32N2O4/c1-16-8-9-18-20(25(30)31-23(18)22-19(16)14-21-26(22,2)32-21)15-27-10-12-28(13-11-27)24(29)17-6-4-3-5-7-17/h3-7,18-23H,1,8-15H2,2H3/t18-,19-,20?,21?,22-,23-,26+/m0/s1. The molecule has 5 aliphatic rings. The number of hydrogen-bond donors (Lipinski definition) is 0. The highest BCUT2D eigenvalue weighted by Gasteiger charge is 2.71. The monoisotopic (exact) mass is 436 g/mol. The van der Waals surface area contributed by atoms with E-state index in [1.54, 1.807) is 0 Å². The summed E-state index contributed by atoms with van der Waals surface area (Å²) in [7, 11) is 0. The Morgan fingerprint density at radius 2 is 1.94 bits per heavy atom. The van der Waals surface area contributed by atoms with Crippen LogP contribution in [0, 0.1) is 23.7 Å². The molecule has 2 aliphatic carbocycles. The van der Waals surface area contributed by atoms with Crippen molar-refractivity contribution in [3.8, 4) is 0 Å². The van der Waals surface area contributed by atoms with Gasteiger partial charge in [-0.15, -0.1) is 0 Å². The molecule has 0 aromatic heterocycles. The van der Waals surface area contributed by atoms with Crippen molar-refractivity contribution >= 4 is 11.9 Å². The fourth-order valence-electron chi connectivity index (χ4n) is 6.94. The SMILES string of the molecule is C=C1CC[C@H]2C(CN3CCN(C(=O)c4ccccc4)CC3)C(=O)O[C@@H]2[C@@H]2[C@H]1CC1O[C@]12C. The highest BCUT2D eigenvalue weighted by Crippen LogP contribution is 2.63. The molecule has 7 atom stereocenters. The van der Waals surface area contributed by atoms with Gasteiger partial charge in [0.15, 0.2) is 0 Å². The Labute approximate surface area is 189 Å². The minimum atomic E-state index is -0.139. The normalized spacial score (nSPS) is 40.8. The van der Waals surface area contributed by atoms with Crippen molar-refractivity contribution in [2.75, 3.05) is 32.7 Å². The van der Waals surface area contributed by atoms with E-state index in [0.29, 0.717) is 25.1 Å². The number of nitrogens with zero attached hydrogens (tertiary/aromatic N) is 2. The quantitative estimate of drug-likeness (QED) is 0.414.